The highest BCUT2D eigenvalue weighted by molar-refractivity contribution is 9.10. The molecule has 0 saturated carbocycles. The standard InChI is InChI=1S/C10H13BrFNO3/c1-14-8-5-7(12)9(11)6(3-4-16-13)10(8)15-2/h5H,3-4,13H2,1-2H3. The predicted octanol–water partition coefficient (Wildman–Crippen LogP) is 2.04. The molecular weight excluding hydrogens is 281 g/mol. The Bertz CT molecular complexity index is 374. The van der Waals surface area contributed by atoms with Crippen molar-refractivity contribution in [3.63, 3.8) is 0 Å². The number of halogens is 2. The van der Waals surface area contributed by atoms with Crippen LogP contribution in [0.15, 0.2) is 10.5 Å². The normalized spacial score (nSPS) is 10.3. The van der Waals surface area contributed by atoms with Gasteiger partial charge in [-0.2, -0.15) is 0 Å². The van der Waals surface area contributed by atoms with Crippen molar-refractivity contribution in [1.29, 1.82) is 0 Å². The Kier molecular flexibility index (Phi) is 4.98. The van der Waals surface area contributed by atoms with Crippen LogP contribution in [0, 0.1) is 5.82 Å². The molecule has 0 spiro atoms. The van der Waals surface area contributed by atoms with Crippen molar-refractivity contribution in [1.82, 2.24) is 0 Å². The maximum absolute atomic E-state index is 13.5. The molecule has 0 aliphatic heterocycles. The van der Waals surface area contributed by atoms with E-state index in [0.29, 0.717) is 28.0 Å². The van der Waals surface area contributed by atoms with Crippen molar-refractivity contribution in [2.45, 2.75) is 6.42 Å². The van der Waals surface area contributed by atoms with Crippen LogP contribution in [0.5, 0.6) is 11.5 Å². The van der Waals surface area contributed by atoms with E-state index in [2.05, 4.69) is 20.8 Å². The monoisotopic (exact) mass is 293 g/mol. The van der Waals surface area contributed by atoms with Gasteiger partial charge in [0.25, 0.3) is 0 Å². The minimum absolute atomic E-state index is 0.265. The van der Waals surface area contributed by atoms with Crippen LogP contribution in [0.3, 0.4) is 0 Å². The lowest BCUT2D eigenvalue weighted by Crippen LogP contribution is -2.07. The first-order valence-electron chi connectivity index (χ1n) is 4.56. The summed E-state index contributed by atoms with van der Waals surface area (Å²) in [5.41, 5.74) is 0.629. The quantitative estimate of drug-likeness (QED) is 0.844. The van der Waals surface area contributed by atoms with Crippen LogP contribution in [0.4, 0.5) is 4.39 Å². The van der Waals surface area contributed by atoms with E-state index in [1.165, 1.54) is 20.3 Å². The Morgan fingerprint density at radius 1 is 1.38 bits per heavy atom. The fourth-order valence-electron chi connectivity index (χ4n) is 1.40. The third kappa shape index (κ3) is 2.63. The smallest absolute Gasteiger partial charge is 0.165 e. The van der Waals surface area contributed by atoms with E-state index in [1.54, 1.807) is 0 Å². The molecule has 90 valence electrons. The molecule has 6 heteroatoms. The largest absolute Gasteiger partial charge is 0.493 e. The maximum Gasteiger partial charge on any atom is 0.165 e. The fraction of sp³-hybridized carbons (Fsp3) is 0.400. The van der Waals surface area contributed by atoms with E-state index in [9.17, 15) is 4.39 Å². The first-order valence-corrected chi connectivity index (χ1v) is 5.35. The second-order valence-electron chi connectivity index (χ2n) is 3.01. The van der Waals surface area contributed by atoms with Crippen molar-refractivity contribution in [3.05, 3.63) is 21.9 Å². The lowest BCUT2D eigenvalue weighted by molar-refractivity contribution is 0.140. The second-order valence-corrected chi connectivity index (χ2v) is 3.80. The van der Waals surface area contributed by atoms with E-state index >= 15 is 0 Å². The van der Waals surface area contributed by atoms with Crippen molar-refractivity contribution in [2.75, 3.05) is 20.8 Å². The summed E-state index contributed by atoms with van der Waals surface area (Å²) in [4.78, 5) is 4.47. The minimum Gasteiger partial charge on any atom is -0.493 e. The number of nitrogens with two attached hydrogens (primary N) is 1. The van der Waals surface area contributed by atoms with Crippen LogP contribution < -0.4 is 15.4 Å². The number of benzene rings is 1. The summed E-state index contributed by atoms with van der Waals surface area (Å²) in [6, 6.07) is 1.26. The average Bonchev–Trinajstić information content (AvgIpc) is 2.30. The third-order valence-corrected chi connectivity index (χ3v) is 2.98. The molecule has 0 amide bonds. The van der Waals surface area contributed by atoms with E-state index < -0.39 is 5.82 Å². The number of ether oxygens (including phenoxy) is 2. The highest BCUT2D eigenvalue weighted by Crippen LogP contribution is 2.38. The van der Waals surface area contributed by atoms with Crippen molar-refractivity contribution in [2.24, 2.45) is 5.90 Å². The molecule has 0 aliphatic rings. The van der Waals surface area contributed by atoms with Crippen LogP contribution in [0.25, 0.3) is 0 Å². The Labute approximate surface area is 102 Å². The Morgan fingerprint density at radius 3 is 2.56 bits per heavy atom. The molecule has 0 aliphatic carbocycles. The maximum atomic E-state index is 13.5. The van der Waals surface area contributed by atoms with Gasteiger partial charge in [0.2, 0.25) is 0 Å². The summed E-state index contributed by atoms with van der Waals surface area (Å²) in [6.07, 6.45) is 0.425. The molecule has 0 unspecified atom stereocenters. The highest BCUT2D eigenvalue weighted by atomic mass is 79.9. The van der Waals surface area contributed by atoms with E-state index in [1.807, 2.05) is 0 Å². The molecule has 0 atom stereocenters. The first kappa shape index (κ1) is 13.2. The molecular formula is C10H13BrFNO3. The molecule has 1 aromatic carbocycles. The van der Waals surface area contributed by atoms with Gasteiger partial charge in [0.05, 0.1) is 25.3 Å². The lowest BCUT2D eigenvalue weighted by atomic mass is 10.1. The molecule has 0 heterocycles. The second kappa shape index (κ2) is 6.03. The average molecular weight is 294 g/mol. The Balaban J connectivity index is 3.23. The minimum atomic E-state index is -0.412. The molecule has 0 radical (unpaired) electrons. The number of methoxy groups -OCH3 is 2. The summed E-state index contributed by atoms with van der Waals surface area (Å²) < 4.78 is 24.1. The van der Waals surface area contributed by atoms with E-state index in [0.717, 1.165) is 0 Å². The summed E-state index contributed by atoms with van der Waals surface area (Å²) in [5.74, 6) is 5.36. The Hall–Kier alpha value is -0.850. The van der Waals surface area contributed by atoms with Crippen LogP contribution in [0.1, 0.15) is 5.56 Å². The van der Waals surface area contributed by atoms with Crippen molar-refractivity contribution >= 4 is 15.9 Å². The molecule has 4 nitrogen and oxygen atoms in total. The van der Waals surface area contributed by atoms with Gasteiger partial charge >= 0.3 is 0 Å². The molecule has 1 aromatic rings. The van der Waals surface area contributed by atoms with Crippen molar-refractivity contribution in [3.8, 4) is 11.5 Å². The summed E-state index contributed by atoms with van der Waals surface area (Å²) >= 11 is 3.16. The SMILES string of the molecule is COc1cc(F)c(Br)c(CCON)c1OC. The first-order chi connectivity index (χ1) is 7.65. The van der Waals surface area contributed by atoms with Gasteiger partial charge in [0, 0.05) is 18.1 Å². The molecule has 1 rings (SSSR count). The molecule has 16 heavy (non-hydrogen) atoms. The van der Waals surface area contributed by atoms with Crippen LogP contribution >= 0.6 is 15.9 Å². The van der Waals surface area contributed by atoms with Crippen LogP contribution in [-0.4, -0.2) is 20.8 Å². The number of rotatable bonds is 5. The van der Waals surface area contributed by atoms with Gasteiger partial charge in [-0.3, -0.25) is 0 Å². The zero-order valence-electron chi connectivity index (χ0n) is 9.05. The van der Waals surface area contributed by atoms with Crippen LogP contribution in [-0.2, 0) is 11.3 Å². The zero-order chi connectivity index (χ0) is 12.1. The van der Waals surface area contributed by atoms with Gasteiger partial charge in [-0.25, -0.2) is 10.3 Å². The zero-order valence-corrected chi connectivity index (χ0v) is 10.6. The van der Waals surface area contributed by atoms with E-state index in [-0.39, 0.29) is 6.61 Å². The van der Waals surface area contributed by atoms with Crippen LogP contribution in [0.2, 0.25) is 0 Å². The van der Waals surface area contributed by atoms with Gasteiger partial charge in [0.1, 0.15) is 5.82 Å². The van der Waals surface area contributed by atoms with Gasteiger partial charge in [-0.05, 0) is 15.9 Å². The van der Waals surface area contributed by atoms with E-state index in [4.69, 9.17) is 15.4 Å². The predicted molar refractivity (Wildman–Crippen MR) is 61.0 cm³/mol. The van der Waals surface area contributed by atoms with Gasteiger partial charge in [-0.1, -0.05) is 0 Å². The molecule has 0 aromatic heterocycles. The molecule has 2 N–H and O–H groups in total. The summed E-state index contributed by atoms with van der Waals surface area (Å²) in [7, 11) is 2.95. The van der Waals surface area contributed by atoms with Gasteiger partial charge < -0.3 is 14.3 Å². The molecule has 0 saturated heterocycles. The number of hydrogen-bond donors (Lipinski definition) is 1. The molecule has 0 bridgehead atoms. The van der Waals surface area contributed by atoms with Gasteiger partial charge in [-0.15, -0.1) is 0 Å². The lowest BCUT2D eigenvalue weighted by Gasteiger charge is -2.14. The highest BCUT2D eigenvalue weighted by Gasteiger charge is 2.17. The van der Waals surface area contributed by atoms with Gasteiger partial charge in [0.15, 0.2) is 11.5 Å². The van der Waals surface area contributed by atoms with Crippen molar-refractivity contribution < 1.29 is 18.7 Å². The number of hydrogen-bond acceptors (Lipinski definition) is 4. The fourth-order valence-corrected chi connectivity index (χ4v) is 1.89. The molecule has 0 fully saturated rings. The third-order valence-electron chi connectivity index (χ3n) is 2.12. The summed E-state index contributed by atoms with van der Waals surface area (Å²) in [6.45, 7) is 0.265. The topological polar surface area (TPSA) is 53.7 Å². The summed E-state index contributed by atoms with van der Waals surface area (Å²) in [5, 5.41) is 0. The Morgan fingerprint density at radius 2 is 2.06 bits per heavy atom.